The van der Waals surface area contributed by atoms with Gasteiger partial charge in [-0.25, -0.2) is 0 Å². The van der Waals surface area contributed by atoms with Crippen molar-refractivity contribution in [2.75, 3.05) is 26.0 Å². The Labute approximate surface area is 119 Å². The predicted octanol–water partition coefficient (Wildman–Crippen LogP) is 1.97. The minimum absolute atomic E-state index is 0.170. The van der Waals surface area contributed by atoms with Gasteiger partial charge in [-0.05, 0) is 25.0 Å². The molecule has 3 N–H and O–H groups in total. The highest BCUT2D eigenvalue weighted by atomic mass is 16.5. The van der Waals surface area contributed by atoms with Crippen LogP contribution in [0.5, 0.6) is 5.75 Å². The van der Waals surface area contributed by atoms with E-state index in [1.165, 1.54) is 20.0 Å². The highest BCUT2D eigenvalue weighted by Crippen LogP contribution is 2.22. The van der Waals surface area contributed by atoms with Crippen molar-refractivity contribution in [2.24, 2.45) is 0 Å². The molecule has 110 valence electrons. The number of nitrogen functional groups attached to an aromatic ring is 1. The molecule has 0 aliphatic heterocycles. The number of methoxy groups -OCH3 is 1. The summed E-state index contributed by atoms with van der Waals surface area (Å²) in [5.74, 6) is 0.316. The molecule has 0 radical (unpaired) electrons. The van der Waals surface area contributed by atoms with Crippen molar-refractivity contribution in [2.45, 2.75) is 31.8 Å². The summed E-state index contributed by atoms with van der Waals surface area (Å²) in [7, 11) is 1.52. The Bertz CT molecular complexity index is 456. The van der Waals surface area contributed by atoms with Crippen LogP contribution < -0.4 is 15.8 Å². The van der Waals surface area contributed by atoms with Crippen molar-refractivity contribution in [3.8, 4) is 5.75 Å². The van der Waals surface area contributed by atoms with Crippen molar-refractivity contribution in [1.82, 2.24) is 5.32 Å². The van der Waals surface area contributed by atoms with E-state index in [1.54, 1.807) is 18.2 Å². The lowest BCUT2D eigenvalue weighted by atomic mass is 10.1. The fraction of sp³-hybridized carbons (Fsp3) is 0.533. The van der Waals surface area contributed by atoms with E-state index in [9.17, 15) is 4.79 Å². The molecule has 1 amide bonds. The van der Waals surface area contributed by atoms with Crippen molar-refractivity contribution < 1.29 is 14.3 Å². The lowest BCUT2D eigenvalue weighted by Crippen LogP contribution is -2.28. The van der Waals surface area contributed by atoms with Gasteiger partial charge in [0.05, 0.1) is 25.4 Å². The van der Waals surface area contributed by atoms with E-state index < -0.39 is 0 Å². The van der Waals surface area contributed by atoms with Crippen molar-refractivity contribution >= 4 is 11.6 Å². The Kier molecular flexibility index (Phi) is 5.24. The third kappa shape index (κ3) is 3.87. The molecule has 2 rings (SSSR count). The molecular weight excluding hydrogens is 256 g/mol. The lowest BCUT2D eigenvalue weighted by Gasteiger charge is -2.12. The van der Waals surface area contributed by atoms with Crippen LogP contribution in [-0.4, -0.2) is 32.3 Å². The van der Waals surface area contributed by atoms with Gasteiger partial charge in [0.25, 0.3) is 5.91 Å². The first-order chi connectivity index (χ1) is 9.70. The molecule has 0 spiro atoms. The molecule has 5 nitrogen and oxygen atoms in total. The number of ether oxygens (including phenoxy) is 2. The Hall–Kier alpha value is -1.75. The first-order valence-corrected chi connectivity index (χ1v) is 7.04. The van der Waals surface area contributed by atoms with Gasteiger partial charge in [0.1, 0.15) is 5.75 Å². The number of benzene rings is 1. The topological polar surface area (TPSA) is 73.6 Å². The number of nitrogens with two attached hydrogens (primary N) is 1. The van der Waals surface area contributed by atoms with Crippen LogP contribution in [-0.2, 0) is 4.74 Å². The summed E-state index contributed by atoms with van der Waals surface area (Å²) in [4.78, 5) is 12.0. The summed E-state index contributed by atoms with van der Waals surface area (Å²) >= 11 is 0. The number of anilines is 1. The smallest absolute Gasteiger partial charge is 0.255 e. The van der Waals surface area contributed by atoms with Gasteiger partial charge < -0.3 is 20.5 Å². The summed E-state index contributed by atoms with van der Waals surface area (Å²) in [6.07, 6.45) is 5.15. The average molecular weight is 278 g/mol. The Morgan fingerprint density at radius 1 is 1.40 bits per heavy atom. The maximum absolute atomic E-state index is 12.0. The minimum Gasteiger partial charge on any atom is -0.496 e. The van der Waals surface area contributed by atoms with Crippen molar-refractivity contribution in [3.05, 3.63) is 23.8 Å². The third-order valence-electron chi connectivity index (χ3n) is 3.51. The van der Waals surface area contributed by atoms with Gasteiger partial charge in [-0.3, -0.25) is 4.79 Å². The zero-order chi connectivity index (χ0) is 14.4. The summed E-state index contributed by atoms with van der Waals surface area (Å²) < 4.78 is 10.9. The fourth-order valence-corrected chi connectivity index (χ4v) is 2.44. The minimum atomic E-state index is -0.170. The fourth-order valence-electron chi connectivity index (χ4n) is 2.44. The number of amides is 1. The standard InChI is InChI=1S/C15H22N2O3/c1-19-14-10-11(16)6-7-13(14)15(18)17-8-9-20-12-4-2-3-5-12/h6-7,10,12H,2-5,8-9,16H2,1H3,(H,17,18). The maximum Gasteiger partial charge on any atom is 0.255 e. The molecule has 1 aliphatic carbocycles. The molecule has 20 heavy (non-hydrogen) atoms. The van der Waals surface area contributed by atoms with Crippen LogP contribution in [0.4, 0.5) is 5.69 Å². The molecule has 0 unspecified atom stereocenters. The van der Waals surface area contributed by atoms with E-state index in [4.69, 9.17) is 15.2 Å². The number of hydrogen-bond donors (Lipinski definition) is 2. The van der Waals surface area contributed by atoms with Crippen LogP contribution in [0.15, 0.2) is 18.2 Å². The first kappa shape index (κ1) is 14.7. The van der Waals surface area contributed by atoms with Crippen molar-refractivity contribution in [3.63, 3.8) is 0 Å². The Morgan fingerprint density at radius 2 is 2.15 bits per heavy atom. The molecule has 1 fully saturated rings. The first-order valence-electron chi connectivity index (χ1n) is 7.04. The molecule has 1 aromatic carbocycles. The van der Waals surface area contributed by atoms with Crippen molar-refractivity contribution in [1.29, 1.82) is 0 Å². The van der Waals surface area contributed by atoms with Gasteiger partial charge in [-0.15, -0.1) is 0 Å². The SMILES string of the molecule is COc1cc(N)ccc1C(=O)NCCOC1CCCC1. The van der Waals surface area contributed by atoms with Gasteiger partial charge in [-0.2, -0.15) is 0 Å². The van der Waals surface area contributed by atoms with Gasteiger partial charge in [0.15, 0.2) is 0 Å². The van der Waals surface area contributed by atoms with E-state index in [1.807, 2.05) is 0 Å². The molecule has 1 aromatic rings. The second-order valence-electron chi connectivity index (χ2n) is 4.99. The third-order valence-corrected chi connectivity index (χ3v) is 3.51. The number of hydrogen-bond acceptors (Lipinski definition) is 4. The quantitative estimate of drug-likeness (QED) is 0.616. The summed E-state index contributed by atoms with van der Waals surface area (Å²) in [6.45, 7) is 1.05. The maximum atomic E-state index is 12.0. The van der Waals surface area contributed by atoms with Crippen LogP contribution in [0.3, 0.4) is 0 Å². The van der Waals surface area contributed by atoms with E-state index >= 15 is 0 Å². The number of nitrogens with one attached hydrogen (secondary N) is 1. The summed E-state index contributed by atoms with van der Waals surface area (Å²) in [6, 6.07) is 5.00. The normalized spacial score (nSPS) is 15.2. The monoisotopic (exact) mass is 278 g/mol. The highest BCUT2D eigenvalue weighted by molar-refractivity contribution is 5.97. The van der Waals surface area contributed by atoms with Crippen LogP contribution in [0, 0.1) is 0 Å². The molecule has 1 saturated carbocycles. The average Bonchev–Trinajstić information content (AvgIpc) is 2.96. The van der Waals surface area contributed by atoms with Gasteiger partial charge in [0, 0.05) is 18.3 Å². The van der Waals surface area contributed by atoms with E-state index in [0.717, 1.165) is 12.8 Å². The number of rotatable bonds is 6. The van der Waals surface area contributed by atoms with Crippen LogP contribution in [0.2, 0.25) is 0 Å². The van der Waals surface area contributed by atoms with E-state index in [-0.39, 0.29) is 5.91 Å². The molecular formula is C15H22N2O3. The van der Waals surface area contributed by atoms with Gasteiger partial charge in [-0.1, -0.05) is 12.8 Å². The lowest BCUT2D eigenvalue weighted by molar-refractivity contribution is 0.0581. The molecule has 5 heteroatoms. The Morgan fingerprint density at radius 3 is 2.85 bits per heavy atom. The Balaban J connectivity index is 1.79. The van der Waals surface area contributed by atoms with Gasteiger partial charge in [0.2, 0.25) is 0 Å². The highest BCUT2D eigenvalue weighted by Gasteiger charge is 2.15. The second kappa shape index (κ2) is 7.14. The molecule has 0 aromatic heterocycles. The molecule has 0 atom stereocenters. The van der Waals surface area contributed by atoms with Crippen LogP contribution >= 0.6 is 0 Å². The summed E-state index contributed by atoms with van der Waals surface area (Å²) in [5, 5.41) is 2.83. The van der Waals surface area contributed by atoms with Crippen LogP contribution in [0.25, 0.3) is 0 Å². The molecule has 0 heterocycles. The predicted molar refractivity (Wildman–Crippen MR) is 77.9 cm³/mol. The second-order valence-corrected chi connectivity index (χ2v) is 4.99. The molecule has 0 bridgehead atoms. The summed E-state index contributed by atoms with van der Waals surface area (Å²) in [5.41, 5.74) is 6.72. The number of carbonyl (C=O) groups is 1. The van der Waals surface area contributed by atoms with E-state index in [2.05, 4.69) is 5.32 Å². The zero-order valence-corrected chi connectivity index (χ0v) is 11.9. The largest absolute Gasteiger partial charge is 0.496 e. The van der Waals surface area contributed by atoms with E-state index in [0.29, 0.717) is 36.3 Å². The zero-order valence-electron chi connectivity index (χ0n) is 11.9. The molecule has 1 aliphatic rings. The van der Waals surface area contributed by atoms with Gasteiger partial charge >= 0.3 is 0 Å². The number of carbonyl (C=O) groups excluding carboxylic acids is 1. The molecule has 0 saturated heterocycles. The van der Waals surface area contributed by atoms with Crippen LogP contribution in [0.1, 0.15) is 36.0 Å².